The van der Waals surface area contributed by atoms with Gasteiger partial charge in [0.15, 0.2) is 11.0 Å². The van der Waals surface area contributed by atoms with Gasteiger partial charge in [-0.25, -0.2) is 0 Å². The number of methoxy groups -OCH3 is 1. The molecule has 1 aromatic heterocycles. The highest BCUT2D eigenvalue weighted by Gasteiger charge is 2.42. The Hall–Kier alpha value is -2.02. The van der Waals surface area contributed by atoms with Gasteiger partial charge in [-0.1, -0.05) is 30.3 Å². The molecule has 0 radical (unpaired) electrons. The Morgan fingerprint density at radius 3 is 2.73 bits per heavy atom. The smallest absolute Gasteiger partial charge is 0.233 e. The Balaban J connectivity index is 1.43. The van der Waals surface area contributed by atoms with E-state index in [9.17, 15) is 4.79 Å². The summed E-state index contributed by atoms with van der Waals surface area (Å²) in [5.41, 5.74) is 0.906. The third-order valence-electron chi connectivity index (χ3n) is 6.84. The molecule has 2 saturated carbocycles. The van der Waals surface area contributed by atoms with Crippen LogP contribution in [0.2, 0.25) is 0 Å². The summed E-state index contributed by atoms with van der Waals surface area (Å²) < 4.78 is 7.54. The van der Waals surface area contributed by atoms with Gasteiger partial charge >= 0.3 is 0 Å². The van der Waals surface area contributed by atoms with Crippen LogP contribution in [0.25, 0.3) is 11.4 Å². The number of para-hydroxylation sites is 1. The van der Waals surface area contributed by atoms with E-state index in [-0.39, 0.29) is 17.2 Å². The van der Waals surface area contributed by atoms with E-state index < -0.39 is 0 Å². The fraction of sp³-hybridized carbons (Fsp3) is 0.609. The van der Waals surface area contributed by atoms with Gasteiger partial charge in [0.25, 0.3) is 0 Å². The second-order valence-electron chi connectivity index (χ2n) is 8.65. The number of benzene rings is 1. The van der Waals surface area contributed by atoms with Crippen molar-refractivity contribution in [2.75, 3.05) is 7.11 Å². The normalized spacial score (nSPS) is 24.6. The van der Waals surface area contributed by atoms with E-state index in [0.717, 1.165) is 40.7 Å². The molecule has 6 nitrogen and oxygen atoms in total. The summed E-state index contributed by atoms with van der Waals surface area (Å²) in [6.07, 6.45) is 5.36. The minimum absolute atomic E-state index is 0.0831. The summed E-state index contributed by atoms with van der Waals surface area (Å²) in [5, 5.41) is 12.6. The van der Waals surface area contributed by atoms with E-state index in [4.69, 9.17) is 4.74 Å². The van der Waals surface area contributed by atoms with E-state index >= 15 is 0 Å². The van der Waals surface area contributed by atoms with Gasteiger partial charge in [-0.05, 0) is 69.9 Å². The Kier molecular flexibility index (Phi) is 6.37. The van der Waals surface area contributed by atoms with E-state index in [1.807, 2.05) is 35.8 Å². The van der Waals surface area contributed by atoms with Gasteiger partial charge < -0.3 is 14.6 Å². The molecule has 2 aliphatic rings. The first-order valence-corrected chi connectivity index (χ1v) is 11.9. The van der Waals surface area contributed by atoms with Crippen LogP contribution in [-0.2, 0) is 11.3 Å². The maximum atomic E-state index is 12.9. The standard InChI is InChI=1S/C23H32N4O2S/c1-5-27-21(18-8-6-7-9-20(18)29-4)25-26-23(27)30-15(3)22(28)24-14(2)19-13-16-10-11-17(19)12-16/h6-9,14-17,19H,5,10-13H2,1-4H3,(H,24,28)/t14-,15-,16-,17-,19+/m1/s1. The molecule has 0 spiro atoms. The van der Waals surface area contributed by atoms with Crippen LogP contribution in [0.5, 0.6) is 5.75 Å². The van der Waals surface area contributed by atoms with Crippen LogP contribution in [0.1, 0.15) is 46.5 Å². The van der Waals surface area contributed by atoms with Crippen LogP contribution in [0.15, 0.2) is 29.4 Å². The van der Waals surface area contributed by atoms with Crippen molar-refractivity contribution in [3.8, 4) is 17.1 Å². The van der Waals surface area contributed by atoms with Crippen molar-refractivity contribution in [1.82, 2.24) is 20.1 Å². The zero-order valence-electron chi connectivity index (χ0n) is 18.3. The lowest BCUT2D eigenvalue weighted by molar-refractivity contribution is -0.121. The summed E-state index contributed by atoms with van der Waals surface area (Å²) >= 11 is 1.47. The van der Waals surface area contributed by atoms with Crippen LogP contribution >= 0.6 is 11.8 Å². The number of hydrogen-bond donors (Lipinski definition) is 1. The van der Waals surface area contributed by atoms with Crippen molar-refractivity contribution < 1.29 is 9.53 Å². The number of carbonyl (C=O) groups is 1. The number of fused-ring (bicyclic) bond motifs is 2. The average molecular weight is 429 g/mol. The number of hydrogen-bond acceptors (Lipinski definition) is 5. The van der Waals surface area contributed by atoms with Crippen molar-refractivity contribution in [3.05, 3.63) is 24.3 Å². The summed E-state index contributed by atoms with van der Waals surface area (Å²) in [7, 11) is 1.66. The predicted molar refractivity (Wildman–Crippen MR) is 120 cm³/mol. The minimum atomic E-state index is -0.231. The molecular formula is C23H32N4O2S. The van der Waals surface area contributed by atoms with E-state index in [2.05, 4.69) is 29.4 Å². The average Bonchev–Trinajstić information content (AvgIpc) is 3.49. The largest absolute Gasteiger partial charge is 0.496 e. The van der Waals surface area contributed by atoms with Crippen molar-refractivity contribution in [2.45, 2.75) is 69.4 Å². The molecule has 2 fully saturated rings. The zero-order valence-corrected chi connectivity index (χ0v) is 19.1. The van der Waals surface area contributed by atoms with Crippen LogP contribution in [-0.4, -0.2) is 39.1 Å². The van der Waals surface area contributed by atoms with Crippen LogP contribution in [0.4, 0.5) is 0 Å². The Labute approximate surface area is 183 Å². The summed E-state index contributed by atoms with van der Waals surface area (Å²) in [6, 6.07) is 8.05. The second kappa shape index (κ2) is 9.00. The van der Waals surface area contributed by atoms with Crippen molar-refractivity contribution in [1.29, 1.82) is 0 Å². The van der Waals surface area contributed by atoms with E-state index in [1.54, 1.807) is 7.11 Å². The molecule has 2 aromatic rings. The highest BCUT2D eigenvalue weighted by molar-refractivity contribution is 8.00. The van der Waals surface area contributed by atoms with Gasteiger partial charge in [-0.15, -0.1) is 10.2 Å². The van der Waals surface area contributed by atoms with Crippen LogP contribution in [0, 0.1) is 17.8 Å². The minimum Gasteiger partial charge on any atom is -0.496 e. The summed E-state index contributed by atoms with van der Waals surface area (Å²) in [6.45, 7) is 6.91. The molecule has 0 unspecified atom stereocenters. The molecule has 0 saturated heterocycles. The number of rotatable bonds is 8. The number of thioether (sulfide) groups is 1. The van der Waals surface area contributed by atoms with Gasteiger partial charge in [-0.3, -0.25) is 4.79 Å². The molecule has 2 bridgehead atoms. The van der Waals surface area contributed by atoms with Gasteiger partial charge in [0, 0.05) is 12.6 Å². The third-order valence-corrected chi connectivity index (χ3v) is 7.92. The molecular weight excluding hydrogens is 396 g/mol. The topological polar surface area (TPSA) is 69.0 Å². The van der Waals surface area contributed by atoms with Gasteiger partial charge in [0.1, 0.15) is 5.75 Å². The first kappa shape index (κ1) is 21.2. The molecule has 7 heteroatoms. The zero-order chi connectivity index (χ0) is 21.3. The summed E-state index contributed by atoms with van der Waals surface area (Å²) in [5.74, 6) is 3.95. The fourth-order valence-electron chi connectivity index (χ4n) is 5.26. The lowest BCUT2D eigenvalue weighted by Crippen LogP contribution is -2.43. The SMILES string of the molecule is CCn1c(S[C@H](C)C(=O)N[C@H](C)[C@@H]2C[C@@H]3CC[C@@H]2C3)nnc1-c1ccccc1OC. The first-order chi connectivity index (χ1) is 14.5. The molecule has 1 amide bonds. The van der Waals surface area contributed by atoms with Gasteiger partial charge in [-0.2, -0.15) is 0 Å². The number of nitrogens with one attached hydrogen (secondary N) is 1. The van der Waals surface area contributed by atoms with Gasteiger partial charge in [0.2, 0.25) is 5.91 Å². The van der Waals surface area contributed by atoms with E-state index in [0.29, 0.717) is 5.92 Å². The molecule has 1 heterocycles. The highest BCUT2D eigenvalue weighted by atomic mass is 32.2. The monoisotopic (exact) mass is 428 g/mol. The Bertz CT molecular complexity index is 899. The third kappa shape index (κ3) is 4.09. The van der Waals surface area contributed by atoms with Crippen molar-refractivity contribution in [3.63, 3.8) is 0 Å². The molecule has 1 aromatic carbocycles. The molecule has 0 aliphatic heterocycles. The van der Waals surface area contributed by atoms with Crippen molar-refractivity contribution in [2.24, 2.45) is 17.8 Å². The summed E-state index contributed by atoms with van der Waals surface area (Å²) in [4.78, 5) is 12.9. The number of ether oxygens (including phenoxy) is 1. The molecule has 30 heavy (non-hydrogen) atoms. The molecule has 2 aliphatic carbocycles. The number of aromatic nitrogens is 3. The van der Waals surface area contributed by atoms with E-state index in [1.165, 1.54) is 37.4 Å². The Morgan fingerprint density at radius 1 is 1.27 bits per heavy atom. The highest BCUT2D eigenvalue weighted by Crippen LogP contribution is 2.49. The maximum Gasteiger partial charge on any atom is 0.233 e. The maximum absolute atomic E-state index is 12.9. The van der Waals surface area contributed by atoms with Crippen LogP contribution in [0.3, 0.4) is 0 Å². The lowest BCUT2D eigenvalue weighted by Gasteiger charge is -2.29. The number of carbonyl (C=O) groups excluding carboxylic acids is 1. The van der Waals surface area contributed by atoms with Crippen molar-refractivity contribution >= 4 is 17.7 Å². The quantitative estimate of drug-likeness (QED) is 0.631. The van der Waals surface area contributed by atoms with Crippen LogP contribution < -0.4 is 10.1 Å². The lowest BCUT2D eigenvalue weighted by atomic mass is 9.84. The van der Waals surface area contributed by atoms with Gasteiger partial charge in [0.05, 0.1) is 17.9 Å². The first-order valence-electron chi connectivity index (χ1n) is 11.0. The fourth-order valence-corrected chi connectivity index (χ4v) is 6.18. The molecule has 1 N–H and O–H groups in total. The second-order valence-corrected chi connectivity index (χ2v) is 9.95. The number of amides is 1. The molecule has 4 rings (SSSR count). The molecule has 5 atom stereocenters. The Morgan fingerprint density at radius 2 is 2.07 bits per heavy atom. The predicted octanol–water partition coefficient (Wildman–Crippen LogP) is 4.40. The molecule has 162 valence electrons. The number of nitrogens with zero attached hydrogens (tertiary/aromatic N) is 3.